The number of benzene rings is 2. The van der Waals surface area contributed by atoms with E-state index in [1.165, 1.54) is 42.1 Å². The van der Waals surface area contributed by atoms with Crippen LogP contribution >= 0.6 is 11.6 Å². The second kappa shape index (κ2) is 12.5. The molecule has 41 heavy (non-hydrogen) atoms. The summed E-state index contributed by atoms with van der Waals surface area (Å²) in [5, 5.41) is 6.65. The van der Waals surface area contributed by atoms with Crippen LogP contribution in [0.1, 0.15) is 24.0 Å². The highest BCUT2D eigenvalue weighted by Gasteiger charge is 2.27. The lowest BCUT2D eigenvalue weighted by molar-refractivity contribution is 0.106. The lowest BCUT2D eigenvalue weighted by Gasteiger charge is -2.37. The van der Waals surface area contributed by atoms with Gasteiger partial charge in [-0.05, 0) is 62.1 Å². The van der Waals surface area contributed by atoms with Gasteiger partial charge < -0.3 is 20.3 Å². The van der Waals surface area contributed by atoms with Gasteiger partial charge >= 0.3 is 0 Å². The molecule has 2 aromatic carbocycles. The molecule has 220 valence electrons. The number of likely N-dealkylation sites (N-methyl/N-ethyl adjacent to an activating group) is 1. The number of ether oxygens (including phenoxy) is 1. The number of rotatable bonds is 8. The van der Waals surface area contributed by atoms with Crippen molar-refractivity contribution in [1.29, 1.82) is 0 Å². The minimum Gasteiger partial charge on any atom is -0.494 e. The molecular weight excluding hydrogens is 562 g/mol. The van der Waals surface area contributed by atoms with Gasteiger partial charge in [0.1, 0.15) is 15.7 Å². The molecule has 1 fully saturated rings. The number of methoxy groups -OCH3 is 1. The summed E-state index contributed by atoms with van der Waals surface area (Å²) in [4.78, 5) is 14.1. The molecule has 1 saturated heterocycles. The molecule has 10 nitrogen and oxygen atoms in total. The topological polar surface area (TPSA) is 103 Å². The molecule has 0 radical (unpaired) electrons. The van der Waals surface area contributed by atoms with Crippen LogP contribution in [-0.2, 0) is 22.9 Å². The molecule has 1 unspecified atom stereocenters. The molecule has 0 saturated carbocycles. The van der Waals surface area contributed by atoms with Crippen molar-refractivity contribution in [2.24, 2.45) is 0 Å². The summed E-state index contributed by atoms with van der Waals surface area (Å²) in [6, 6.07) is 11.4. The molecule has 1 atom stereocenters. The number of anilines is 4. The Labute approximate surface area is 247 Å². The van der Waals surface area contributed by atoms with Crippen molar-refractivity contribution in [3.63, 3.8) is 0 Å². The number of nitrogens with zero attached hydrogens (tertiary/aromatic N) is 5. The Bertz CT molecular complexity index is 1490. The van der Waals surface area contributed by atoms with Crippen molar-refractivity contribution in [2.45, 2.75) is 36.6 Å². The van der Waals surface area contributed by atoms with Gasteiger partial charge in [0.2, 0.25) is 16.0 Å². The Kier molecular flexibility index (Phi) is 9.00. The Hall–Kier alpha value is -2.96. The molecule has 1 aliphatic heterocycles. The van der Waals surface area contributed by atoms with Gasteiger partial charge in [0.15, 0.2) is 5.82 Å². The fourth-order valence-electron chi connectivity index (χ4n) is 5.59. The van der Waals surface area contributed by atoms with Gasteiger partial charge in [0, 0.05) is 46.3 Å². The number of piperazine rings is 1. The molecule has 12 heteroatoms. The molecule has 2 heterocycles. The van der Waals surface area contributed by atoms with E-state index >= 15 is 0 Å². The molecule has 3 aromatic rings. The summed E-state index contributed by atoms with van der Waals surface area (Å²) in [7, 11) is 3.19. The quantitative estimate of drug-likeness (QED) is 0.365. The highest BCUT2D eigenvalue weighted by atomic mass is 35.5. The van der Waals surface area contributed by atoms with Crippen LogP contribution in [0.3, 0.4) is 0 Å². The molecule has 5 rings (SSSR count). The Balaban J connectivity index is 1.39. The maximum absolute atomic E-state index is 12.9. The van der Waals surface area contributed by atoms with Crippen molar-refractivity contribution in [3.8, 4) is 5.75 Å². The summed E-state index contributed by atoms with van der Waals surface area (Å²) >= 11 is 6.43. The Morgan fingerprint density at radius 2 is 1.80 bits per heavy atom. The number of halogens is 1. The number of para-hydroxylation sites is 1. The van der Waals surface area contributed by atoms with Gasteiger partial charge in [-0.1, -0.05) is 29.8 Å². The third kappa shape index (κ3) is 6.44. The number of hydrogen-bond donors (Lipinski definition) is 2. The van der Waals surface area contributed by atoms with E-state index in [0.717, 1.165) is 56.9 Å². The molecule has 2 aliphatic rings. The van der Waals surface area contributed by atoms with Crippen molar-refractivity contribution >= 4 is 44.8 Å². The van der Waals surface area contributed by atoms with E-state index in [1.54, 1.807) is 31.4 Å². The van der Waals surface area contributed by atoms with E-state index in [-0.39, 0.29) is 15.7 Å². The molecule has 1 aromatic heterocycles. The zero-order valence-corrected chi connectivity index (χ0v) is 25.6. The summed E-state index contributed by atoms with van der Waals surface area (Å²) in [5.41, 5.74) is 3.69. The van der Waals surface area contributed by atoms with Crippen LogP contribution in [0.15, 0.2) is 47.5 Å². The molecule has 1 aliphatic carbocycles. The molecule has 0 bridgehead atoms. The van der Waals surface area contributed by atoms with Gasteiger partial charge in [-0.2, -0.15) is 4.98 Å². The van der Waals surface area contributed by atoms with Crippen molar-refractivity contribution in [1.82, 2.24) is 24.1 Å². The lowest BCUT2D eigenvalue weighted by atomic mass is 9.99. The SMILES string of the molecule is COc1c(Nc2ncc(Cl)c(Nc3ccccc3S(=O)(=O)N(C)C)n2)ccc2c1CCCC(N1CCN(C)CC1)C2. The van der Waals surface area contributed by atoms with Gasteiger partial charge in [-0.3, -0.25) is 4.90 Å². The van der Waals surface area contributed by atoms with Crippen LogP contribution in [0, 0.1) is 0 Å². The first-order valence-corrected chi connectivity index (χ1v) is 15.7. The van der Waals surface area contributed by atoms with E-state index in [4.69, 9.17) is 16.3 Å². The van der Waals surface area contributed by atoms with Crippen LogP contribution in [0.5, 0.6) is 5.75 Å². The van der Waals surface area contributed by atoms with E-state index in [2.05, 4.69) is 43.5 Å². The van der Waals surface area contributed by atoms with E-state index in [0.29, 0.717) is 17.7 Å². The lowest BCUT2D eigenvalue weighted by Crippen LogP contribution is -2.49. The van der Waals surface area contributed by atoms with Crippen molar-refractivity contribution in [2.75, 3.05) is 65.1 Å². The number of fused-ring (bicyclic) bond motifs is 1. The highest BCUT2D eigenvalue weighted by Crippen LogP contribution is 2.38. The van der Waals surface area contributed by atoms with E-state index in [9.17, 15) is 8.42 Å². The van der Waals surface area contributed by atoms with Crippen LogP contribution < -0.4 is 15.4 Å². The average molecular weight is 600 g/mol. The van der Waals surface area contributed by atoms with Crippen molar-refractivity contribution in [3.05, 3.63) is 58.7 Å². The van der Waals surface area contributed by atoms with Crippen LogP contribution in [-0.4, -0.2) is 93.0 Å². The van der Waals surface area contributed by atoms with Crippen LogP contribution in [0.2, 0.25) is 5.02 Å². The number of aromatic nitrogens is 2. The molecule has 0 amide bonds. The maximum Gasteiger partial charge on any atom is 0.244 e. The number of hydrogen-bond acceptors (Lipinski definition) is 9. The summed E-state index contributed by atoms with van der Waals surface area (Å²) < 4.78 is 32.8. The molecule has 2 N–H and O–H groups in total. The predicted octanol–water partition coefficient (Wildman–Crippen LogP) is 4.37. The third-order valence-electron chi connectivity index (χ3n) is 7.92. The summed E-state index contributed by atoms with van der Waals surface area (Å²) in [6.07, 6.45) is 5.72. The zero-order valence-electron chi connectivity index (χ0n) is 24.0. The number of nitrogens with one attached hydrogen (secondary N) is 2. The first-order chi connectivity index (χ1) is 19.7. The minimum absolute atomic E-state index is 0.122. The van der Waals surface area contributed by atoms with Gasteiger partial charge in [-0.15, -0.1) is 0 Å². The second-order valence-electron chi connectivity index (χ2n) is 10.8. The standard InChI is InChI=1S/C29H38ClN7O3S/c1-35(2)41(38,39)26-11-6-5-10-24(26)32-28-23(30)19-31-29(34-28)33-25-13-12-20-18-21(37-16-14-36(3)15-17-37)8-7-9-22(20)27(25)40-4/h5-6,10-13,19,21H,7-9,14-18H2,1-4H3,(H2,31,32,33,34). The first kappa shape index (κ1) is 29.5. The fraction of sp³-hybridized carbons (Fsp3) is 0.448. The maximum atomic E-state index is 12.9. The minimum atomic E-state index is -3.69. The fourth-order valence-corrected chi connectivity index (χ4v) is 6.77. The smallest absolute Gasteiger partial charge is 0.244 e. The number of sulfonamides is 1. The van der Waals surface area contributed by atoms with Gasteiger partial charge in [-0.25, -0.2) is 17.7 Å². The van der Waals surface area contributed by atoms with E-state index < -0.39 is 10.0 Å². The highest BCUT2D eigenvalue weighted by molar-refractivity contribution is 7.89. The Morgan fingerprint density at radius 3 is 2.54 bits per heavy atom. The zero-order chi connectivity index (χ0) is 29.1. The van der Waals surface area contributed by atoms with Gasteiger partial charge in [0.25, 0.3) is 0 Å². The molecular formula is C29H38ClN7O3S. The summed E-state index contributed by atoms with van der Waals surface area (Å²) in [5.74, 6) is 1.40. The summed E-state index contributed by atoms with van der Waals surface area (Å²) in [6.45, 7) is 4.46. The van der Waals surface area contributed by atoms with Crippen molar-refractivity contribution < 1.29 is 13.2 Å². The normalized spacial score (nSPS) is 18.5. The monoisotopic (exact) mass is 599 g/mol. The average Bonchev–Trinajstić information content (AvgIpc) is 3.18. The second-order valence-corrected chi connectivity index (χ2v) is 13.3. The third-order valence-corrected chi connectivity index (χ3v) is 10.1. The predicted molar refractivity (Wildman–Crippen MR) is 163 cm³/mol. The van der Waals surface area contributed by atoms with Gasteiger partial charge in [0.05, 0.1) is 24.7 Å². The first-order valence-electron chi connectivity index (χ1n) is 13.9. The van der Waals surface area contributed by atoms with Crippen LogP contribution in [0.4, 0.5) is 23.1 Å². The molecule has 0 spiro atoms. The Morgan fingerprint density at radius 1 is 1.05 bits per heavy atom. The largest absolute Gasteiger partial charge is 0.494 e. The van der Waals surface area contributed by atoms with Crippen LogP contribution in [0.25, 0.3) is 0 Å². The van der Waals surface area contributed by atoms with E-state index in [1.807, 2.05) is 6.07 Å².